The van der Waals surface area contributed by atoms with Crippen molar-refractivity contribution in [1.82, 2.24) is 0 Å². The minimum absolute atomic E-state index is 0.0296. The monoisotopic (exact) mass is 420 g/mol. The maximum absolute atomic E-state index is 12.6. The Labute approximate surface area is 168 Å². The fourth-order valence-electron chi connectivity index (χ4n) is 3.17. The van der Waals surface area contributed by atoms with Gasteiger partial charge in [-0.25, -0.2) is 0 Å². The predicted molar refractivity (Wildman–Crippen MR) is 106 cm³/mol. The van der Waals surface area contributed by atoms with Crippen molar-refractivity contribution in [3.05, 3.63) is 54.1 Å². The average molecular weight is 420 g/mol. The highest BCUT2D eigenvalue weighted by Crippen LogP contribution is 2.48. The van der Waals surface area contributed by atoms with Gasteiger partial charge in [0, 0.05) is 17.7 Å². The highest BCUT2D eigenvalue weighted by molar-refractivity contribution is 7.84. The number of hydrogen-bond acceptors (Lipinski definition) is 7. The Morgan fingerprint density at radius 3 is 2.17 bits per heavy atom. The molecule has 0 unspecified atom stereocenters. The topological polar surface area (TPSA) is 117 Å². The fourth-order valence-corrected chi connectivity index (χ4v) is 3.54. The van der Waals surface area contributed by atoms with Crippen molar-refractivity contribution < 1.29 is 31.6 Å². The van der Waals surface area contributed by atoms with Crippen LogP contribution in [0.25, 0.3) is 0 Å². The number of nitrogens with two attached hydrogens (primary N) is 1. The van der Waals surface area contributed by atoms with Gasteiger partial charge in [-0.2, -0.15) is 13.6 Å². The van der Waals surface area contributed by atoms with Gasteiger partial charge >= 0.3 is 10.3 Å². The van der Waals surface area contributed by atoms with E-state index in [0.29, 0.717) is 34.1 Å². The van der Waals surface area contributed by atoms with Crippen LogP contribution >= 0.6 is 0 Å². The van der Waals surface area contributed by atoms with Crippen molar-refractivity contribution in [3.8, 4) is 23.0 Å². The number of hydrogen-bond donors (Lipinski definition) is 1. The molecule has 1 amide bonds. The Morgan fingerprint density at radius 1 is 1.03 bits per heavy atom. The SMILES string of the molecule is C=C1C(=O)N(c2cc(OC)c(OC)c(OC)c2)[C@H]1c1cccc(OS(N)(=O)=O)c1. The molecule has 0 aromatic heterocycles. The molecule has 1 heterocycles. The normalized spacial score (nSPS) is 16.3. The quantitative estimate of drug-likeness (QED) is 0.537. The van der Waals surface area contributed by atoms with Crippen LogP contribution in [0.15, 0.2) is 48.6 Å². The van der Waals surface area contributed by atoms with E-state index in [1.54, 1.807) is 24.3 Å². The molecule has 0 saturated carbocycles. The van der Waals surface area contributed by atoms with Gasteiger partial charge in [-0.05, 0) is 17.7 Å². The third-order valence-corrected chi connectivity index (χ3v) is 4.82. The number of methoxy groups -OCH3 is 3. The fraction of sp³-hybridized carbons (Fsp3) is 0.211. The summed E-state index contributed by atoms with van der Waals surface area (Å²) in [6.45, 7) is 3.84. The Bertz CT molecular complexity index is 1060. The van der Waals surface area contributed by atoms with Crippen molar-refractivity contribution in [2.45, 2.75) is 6.04 Å². The number of nitrogens with zero attached hydrogens (tertiary/aromatic N) is 1. The van der Waals surface area contributed by atoms with Crippen LogP contribution in [0.5, 0.6) is 23.0 Å². The van der Waals surface area contributed by atoms with Crippen LogP contribution in [-0.2, 0) is 15.1 Å². The molecule has 9 nitrogen and oxygen atoms in total. The maximum atomic E-state index is 12.6. The van der Waals surface area contributed by atoms with Crippen LogP contribution in [0.2, 0.25) is 0 Å². The number of carbonyl (C=O) groups excluding carboxylic acids is 1. The molecule has 1 atom stereocenters. The van der Waals surface area contributed by atoms with Crippen molar-refractivity contribution >= 4 is 21.9 Å². The molecule has 0 aliphatic carbocycles. The van der Waals surface area contributed by atoms with E-state index in [1.165, 1.54) is 38.4 Å². The predicted octanol–water partition coefficient (Wildman–Crippen LogP) is 1.94. The molecule has 0 radical (unpaired) electrons. The lowest BCUT2D eigenvalue weighted by atomic mass is 9.88. The Hall–Kier alpha value is -3.24. The lowest BCUT2D eigenvalue weighted by molar-refractivity contribution is -0.119. The van der Waals surface area contributed by atoms with E-state index in [1.807, 2.05) is 0 Å². The molecule has 0 bridgehead atoms. The lowest BCUT2D eigenvalue weighted by Gasteiger charge is -2.42. The number of carbonyl (C=O) groups is 1. The standard InChI is InChI=1S/C19H20N2O7S/c1-11-17(12-6-5-7-14(8-12)28-29(20,23)24)21(19(11)22)13-9-15(25-2)18(27-4)16(10-13)26-3/h5-10,17H,1H2,2-4H3,(H2,20,23,24)/t17-/m1/s1. The van der Waals surface area contributed by atoms with Gasteiger partial charge in [0.2, 0.25) is 5.75 Å². The second-order valence-electron chi connectivity index (χ2n) is 6.14. The van der Waals surface area contributed by atoms with Crippen LogP contribution in [0.3, 0.4) is 0 Å². The molecule has 154 valence electrons. The number of β-lactam (4-membered cyclic amide) rings is 1. The Kier molecular flexibility index (Phi) is 5.40. The van der Waals surface area contributed by atoms with Gasteiger partial charge in [0.25, 0.3) is 5.91 Å². The molecule has 0 spiro atoms. The van der Waals surface area contributed by atoms with Gasteiger partial charge in [0.1, 0.15) is 5.75 Å². The lowest BCUT2D eigenvalue weighted by Crippen LogP contribution is -2.48. The molecular formula is C19H20N2O7S. The zero-order valence-electron chi connectivity index (χ0n) is 16.0. The first-order chi connectivity index (χ1) is 13.7. The van der Waals surface area contributed by atoms with Gasteiger partial charge in [0.15, 0.2) is 11.5 Å². The third kappa shape index (κ3) is 3.84. The van der Waals surface area contributed by atoms with Crippen LogP contribution < -0.4 is 28.4 Å². The summed E-state index contributed by atoms with van der Waals surface area (Å²) in [5, 5.41) is 4.93. The molecule has 3 rings (SSSR count). The average Bonchev–Trinajstić information content (AvgIpc) is 2.68. The van der Waals surface area contributed by atoms with E-state index in [0.717, 1.165) is 0 Å². The molecule has 1 aliphatic rings. The highest BCUT2D eigenvalue weighted by atomic mass is 32.2. The first kappa shape index (κ1) is 20.5. The second kappa shape index (κ2) is 7.64. The van der Waals surface area contributed by atoms with Crippen molar-refractivity contribution in [1.29, 1.82) is 0 Å². The maximum Gasteiger partial charge on any atom is 0.380 e. The third-order valence-electron chi connectivity index (χ3n) is 4.40. The van der Waals surface area contributed by atoms with Crippen LogP contribution in [0.1, 0.15) is 11.6 Å². The molecule has 2 aromatic carbocycles. The van der Waals surface area contributed by atoms with Gasteiger partial charge in [-0.15, -0.1) is 0 Å². The Balaban J connectivity index is 2.04. The summed E-state index contributed by atoms with van der Waals surface area (Å²) >= 11 is 0. The second-order valence-corrected chi connectivity index (χ2v) is 7.29. The molecule has 2 N–H and O–H groups in total. The van der Waals surface area contributed by atoms with Gasteiger partial charge in [-0.1, -0.05) is 18.7 Å². The summed E-state index contributed by atoms with van der Waals surface area (Å²) in [7, 11) is 0.260. The molecule has 1 aliphatic heterocycles. The van der Waals surface area contributed by atoms with Crippen LogP contribution in [-0.4, -0.2) is 35.7 Å². The number of anilines is 1. The van der Waals surface area contributed by atoms with Crippen molar-refractivity contribution in [2.75, 3.05) is 26.2 Å². The summed E-state index contributed by atoms with van der Waals surface area (Å²) in [5.74, 6) is 0.907. The van der Waals surface area contributed by atoms with E-state index in [2.05, 4.69) is 6.58 Å². The van der Waals surface area contributed by atoms with Crippen LogP contribution in [0.4, 0.5) is 5.69 Å². The molecule has 1 saturated heterocycles. The van der Waals surface area contributed by atoms with Crippen molar-refractivity contribution in [2.24, 2.45) is 5.14 Å². The summed E-state index contributed by atoms with van der Waals surface area (Å²) in [6.07, 6.45) is 0. The van der Waals surface area contributed by atoms with E-state index >= 15 is 0 Å². The van der Waals surface area contributed by atoms with E-state index in [4.69, 9.17) is 23.5 Å². The summed E-state index contributed by atoms with van der Waals surface area (Å²) in [6, 6.07) is 9.00. The number of benzene rings is 2. The summed E-state index contributed by atoms with van der Waals surface area (Å²) in [5.41, 5.74) is 1.44. The van der Waals surface area contributed by atoms with Gasteiger partial charge in [0.05, 0.1) is 33.1 Å². The molecular weight excluding hydrogens is 400 g/mol. The first-order valence-corrected chi connectivity index (χ1v) is 9.81. The zero-order chi connectivity index (χ0) is 21.3. The summed E-state index contributed by atoms with van der Waals surface area (Å²) in [4.78, 5) is 14.1. The largest absolute Gasteiger partial charge is 0.493 e. The number of amides is 1. The number of ether oxygens (including phenoxy) is 3. The smallest absolute Gasteiger partial charge is 0.380 e. The molecule has 2 aromatic rings. The number of rotatable bonds is 7. The zero-order valence-corrected chi connectivity index (χ0v) is 16.9. The first-order valence-electron chi connectivity index (χ1n) is 8.34. The van der Waals surface area contributed by atoms with E-state index in [9.17, 15) is 13.2 Å². The van der Waals surface area contributed by atoms with Crippen molar-refractivity contribution in [3.63, 3.8) is 0 Å². The molecule has 10 heteroatoms. The van der Waals surface area contributed by atoms with Gasteiger partial charge in [-0.3, -0.25) is 9.69 Å². The minimum atomic E-state index is -4.17. The van der Waals surface area contributed by atoms with Gasteiger partial charge < -0.3 is 18.4 Å². The van der Waals surface area contributed by atoms with Crippen LogP contribution in [0, 0.1) is 0 Å². The molecule has 29 heavy (non-hydrogen) atoms. The van der Waals surface area contributed by atoms with E-state index in [-0.39, 0.29) is 11.7 Å². The summed E-state index contributed by atoms with van der Waals surface area (Å²) < 4.78 is 43.1. The Morgan fingerprint density at radius 2 is 1.66 bits per heavy atom. The highest BCUT2D eigenvalue weighted by Gasteiger charge is 2.43. The van der Waals surface area contributed by atoms with E-state index < -0.39 is 16.3 Å². The minimum Gasteiger partial charge on any atom is -0.493 e. The molecule has 1 fully saturated rings.